The summed E-state index contributed by atoms with van der Waals surface area (Å²) >= 11 is 1.64. The summed E-state index contributed by atoms with van der Waals surface area (Å²) in [5, 5.41) is 0. The Hall–Kier alpha value is -2.67. The van der Waals surface area contributed by atoms with E-state index in [9.17, 15) is 9.59 Å². The van der Waals surface area contributed by atoms with Crippen LogP contribution in [0.25, 0.3) is 0 Å². The van der Waals surface area contributed by atoms with Crippen molar-refractivity contribution < 1.29 is 23.8 Å². The fourth-order valence-corrected chi connectivity index (χ4v) is 5.58. The van der Waals surface area contributed by atoms with Crippen LogP contribution in [0.15, 0.2) is 48.5 Å². The van der Waals surface area contributed by atoms with Crippen LogP contribution < -0.4 is 14.2 Å². The van der Waals surface area contributed by atoms with Gasteiger partial charge in [-0.05, 0) is 24.1 Å². The lowest BCUT2D eigenvalue weighted by atomic mass is 10.0. The molecule has 0 aromatic heterocycles. The zero-order valence-electron chi connectivity index (χ0n) is 14.4. The van der Waals surface area contributed by atoms with Crippen LogP contribution in [0.3, 0.4) is 0 Å². The number of carbonyl (C=O) groups is 2. The molecule has 5 rings (SSSR count). The second-order valence-corrected chi connectivity index (χ2v) is 7.97. The van der Waals surface area contributed by atoms with E-state index in [2.05, 4.69) is 0 Å². The highest BCUT2D eigenvalue weighted by molar-refractivity contribution is 8.00. The van der Waals surface area contributed by atoms with Crippen LogP contribution in [0.4, 0.5) is 0 Å². The molecule has 7 heteroatoms. The molecule has 0 unspecified atom stereocenters. The Balaban J connectivity index is 1.41. The van der Waals surface area contributed by atoms with Crippen molar-refractivity contribution in [3.8, 4) is 17.2 Å². The monoisotopic (exact) mass is 383 g/mol. The van der Waals surface area contributed by atoms with Crippen LogP contribution in [0.1, 0.15) is 18.4 Å². The number of amides is 1. The van der Waals surface area contributed by atoms with Gasteiger partial charge in [-0.3, -0.25) is 4.79 Å². The van der Waals surface area contributed by atoms with E-state index in [4.69, 9.17) is 14.2 Å². The number of carbonyl (C=O) groups excluding carboxylic acids is 2. The van der Waals surface area contributed by atoms with Crippen molar-refractivity contribution in [1.29, 1.82) is 0 Å². The van der Waals surface area contributed by atoms with Gasteiger partial charge < -0.3 is 19.1 Å². The Morgan fingerprint density at radius 1 is 1.15 bits per heavy atom. The van der Waals surface area contributed by atoms with Gasteiger partial charge in [0, 0.05) is 18.2 Å². The Morgan fingerprint density at radius 2 is 1.96 bits per heavy atom. The van der Waals surface area contributed by atoms with E-state index in [1.165, 1.54) is 0 Å². The molecule has 2 aromatic rings. The number of nitrogens with zero attached hydrogens (tertiary/aromatic N) is 1. The summed E-state index contributed by atoms with van der Waals surface area (Å²) in [4.78, 5) is 26.7. The first-order chi connectivity index (χ1) is 13.2. The summed E-state index contributed by atoms with van der Waals surface area (Å²) in [5.74, 6) is 1.66. The summed E-state index contributed by atoms with van der Waals surface area (Å²) in [6, 6.07) is 14.3. The maximum absolute atomic E-state index is 12.9. The Bertz CT molecular complexity index is 918. The highest BCUT2D eigenvalue weighted by Crippen LogP contribution is 2.54. The van der Waals surface area contributed by atoms with Gasteiger partial charge in [-0.1, -0.05) is 30.3 Å². The molecule has 138 valence electrons. The molecule has 2 fully saturated rings. The molecule has 2 atom stereocenters. The molecular formula is C20H17NO5S. The van der Waals surface area contributed by atoms with Crippen molar-refractivity contribution in [3.05, 3.63) is 54.1 Å². The first kappa shape index (κ1) is 16.5. The standard InChI is InChI=1S/C20H17NO5S/c22-18-8-9-20(13-4-2-1-3-5-13)21(18)15(11-27-20)19(23)26-14-6-7-16-17(10-14)25-12-24-16/h1-7,10,15H,8-9,11-12H2/t15-,20+/m1/s1. The second kappa shape index (κ2) is 6.20. The highest BCUT2D eigenvalue weighted by Gasteiger charge is 2.57. The fraction of sp³-hybridized carbons (Fsp3) is 0.300. The lowest BCUT2D eigenvalue weighted by Crippen LogP contribution is -2.47. The van der Waals surface area contributed by atoms with Crippen LogP contribution in [-0.2, 0) is 14.5 Å². The molecule has 6 nitrogen and oxygen atoms in total. The maximum Gasteiger partial charge on any atom is 0.335 e. The van der Waals surface area contributed by atoms with Gasteiger partial charge >= 0.3 is 5.97 Å². The van der Waals surface area contributed by atoms with Gasteiger partial charge in [0.2, 0.25) is 12.7 Å². The predicted molar refractivity (Wildman–Crippen MR) is 98.6 cm³/mol. The summed E-state index contributed by atoms with van der Waals surface area (Å²) in [5.41, 5.74) is 1.05. The van der Waals surface area contributed by atoms with Gasteiger partial charge in [-0.15, -0.1) is 11.8 Å². The fourth-order valence-electron chi connectivity index (χ4n) is 3.94. The Labute approximate surface area is 160 Å². The van der Waals surface area contributed by atoms with E-state index in [1.807, 2.05) is 30.3 Å². The van der Waals surface area contributed by atoms with Gasteiger partial charge in [0.05, 0.1) is 0 Å². The van der Waals surface area contributed by atoms with Crippen LogP contribution >= 0.6 is 11.8 Å². The predicted octanol–water partition coefficient (Wildman–Crippen LogP) is 2.91. The van der Waals surface area contributed by atoms with Crippen LogP contribution in [0, 0.1) is 0 Å². The lowest BCUT2D eigenvalue weighted by molar-refractivity contribution is -0.146. The van der Waals surface area contributed by atoms with Crippen molar-refractivity contribution in [2.24, 2.45) is 0 Å². The Kier molecular flexibility index (Phi) is 3.79. The number of fused-ring (bicyclic) bond motifs is 2. The quantitative estimate of drug-likeness (QED) is 0.600. The number of hydrogen-bond donors (Lipinski definition) is 0. The highest BCUT2D eigenvalue weighted by atomic mass is 32.2. The molecule has 3 aliphatic rings. The molecular weight excluding hydrogens is 366 g/mol. The summed E-state index contributed by atoms with van der Waals surface area (Å²) in [6.45, 7) is 0.161. The second-order valence-electron chi connectivity index (χ2n) is 6.68. The zero-order chi connectivity index (χ0) is 18.4. The number of benzene rings is 2. The largest absolute Gasteiger partial charge is 0.454 e. The third kappa shape index (κ3) is 2.56. The van der Waals surface area contributed by atoms with Crippen molar-refractivity contribution in [2.75, 3.05) is 12.5 Å². The number of hydrogen-bond acceptors (Lipinski definition) is 6. The van der Waals surface area contributed by atoms with Crippen molar-refractivity contribution in [1.82, 2.24) is 4.90 Å². The van der Waals surface area contributed by atoms with E-state index in [0.717, 1.165) is 5.56 Å². The molecule has 0 bridgehead atoms. The van der Waals surface area contributed by atoms with Crippen molar-refractivity contribution >= 4 is 23.6 Å². The van der Waals surface area contributed by atoms with Gasteiger partial charge in [-0.25, -0.2) is 4.79 Å². The van der Waals surface area contributed by atoms with E-state index in [1.54, 1.807) is 34.9 Å². The topological polar surface area (TPSA) is 65.1 Å². The minimum Gasteiger partial charge on any atom is -0.454 e. The molecule has 0 N–H and O–H groups in total. The van der Waals surface area contributed by atoms with E-state index in [-0.39, 0.29) is 12.7 Å². The number of thioether (sulfide) groups is 1. The number of rotatable bonds is 3. The summed E-state index contributed by atoms with van der Waals surface area (Å²) in [7, 11) is 0. The van der Waals surface area contributed by atoms with Crippen molar-refractivity contribution in [2.45, 2.75) is 23.8 Å². The van der Waals surface area contributed by atoms with E-state index in [0.29, 0.717) is 35.8 Å². The molecule has 0 aliphatic carbocycles. The first-order valence-corrected chi connectivity index (χ1v) is 9.79. The molecule has 2 saturated heterocycles. The third-order valence-electron chi connectivity index (χ3n) is 5.19. The molecule has 3 heterocycles. The SMILES string of the molecule is O=C(Oc1ccc2c(c1)OCO2)[C@H]1CS[C@]2(c3ccccc3)CCC(=O)N12. The molecule has 0 radical (unpaired) electrons. The van der Waals surface area contributed by atoms with Gasteiger partial charge in [-0.2, -0.15) is 0 Å². The van der Waals surface area contributed by atoms with Crippen molar-refractivity contribution in [3.63, 3.8) is 0 Å². The molecule has 0 spiro atoms. The Morgan fingerprint density at radius 3 is 2.81 bits per heavy atom. The number of ether oxygens (including phenoxy) is 3. The molecule has 2 aromatic carbocycles. The normalized spacial score (nSPS) is 25.6. The average Bonchev–Trinajstić information content (AvgIpc) is 3.38. The molecule has 0 saturated carbocycles. The summed E-state index contributed by atoms with van der Waals surface area (Å²) in [6.07, 6.45) is 1.14. The van der Waals surface area contributed by atoms with Crippen LogP contribution in [0.5, 0.6) is 17.2 Å². The maximum atomic E-state index is 12.9. The molecule has 1 amide bonds. The van der Waals surface area contributed by atoms with Crippen LogP contribution in [-0.4, -0.2) is 35.4 Å². The third-order valence-corrected chi connectivity index (χ3v) is 6.78. The minimum atomic E-state index is -0.601. The minimum absolute atomic E-state index is 0.00325. The smallest absolute Gasteiger partial charge is 0.335 e. The van der Waals surface area contributed by atoms with E-state index < -0.39 is 16.9 Å². The number of esters is 1. The van der Waals surface area contributed by atoms with Gasteiger partial charge in [0.25, 0.3) is 0 Å². The summed E-state index contributed by atoms with van der Waals surface area (Å²) < 4.78 is 16.2. The van der Waals surface area contributed by atoms with Gasteiger partial charge in [0.1, 0.15) is 16.7 Å². The zero-order valence-corrected chi connectivity index (χ0v) is 15.2. The molecule has 3 aliphatic heterocycles. The average molecular weight is 383 g/mol. The lowest BCUT2D eigenvalue weighted by Gasteiger charge is -2.33. The van der Waals surface area contributed by atoms with Crippen LogP contribution in [0.2, 0.25) is 0 Å². The van der Waals surface area contributed by atoms with Gasteiger partial charge in [0.15, 0.2) is 11.5 Å². The van der Waals surface area contributed by atoms with E-state index >= 15 is 0 Å². The first-order valence-electron chi connectivity index (χ1n) is 8.80. The molecule has 27 heavy (non-hydrogen) atoms.